The number of carbonyl (C=O) groups is 2. The molecule has 1 fully saturated rings. The topological polar surface area (TPSA) is 49.4 Å². The number of amides is 2. The van der Waals surface area contributed by atoms with Crippen LogP contribution in [0.2, 0.25) is 4.34 Å². The molecule has 1 atom stereocenters. The van der Waals surface area contributed by atoms with Crippen LogP contribution in [-0.4, -0.2) is 24.4 Å². The minimum Gasteiger partial charge on any atom is -0.339 e. The number of anilines is 1. The van der Waals surface area contributed by atoms with E-state index in [2.05, 4.69) is 5.32 Å². The van der Waals surface area contributed by atoms with Gasteiger partial charge >= 0.3 is 0 Å². The van der Waals surface area contributed by atoms with E-state index in [1.54, 1.807) is 17.0 Å². The third-order valence-electron chi connectivity index (χ3n) is 3.65. The Balaban J connectivity index is 1.68. The lowest BCUT2D eigenvalue weighted by Gasteiger charge is -2.17. The summed E-state index contributed by atoms with van der Waals surface area (Å²) in [4.78, 5) is 26.8. The predicted molar refractivity (Wildman–Crippen MR) is 88.7 cm³/mol. The van der Waals surface area contributed by atoms with Gasteiger partial charge in [-0.25, -0.2) is 0 Å². The smallest absolute Gasteiger partial charge is 0.262 e. The largest absolute Gasteiger partial charge is 0.339 e. The summed E-state index contributed by atoms with van der Waals surface area (Å²) in [6, 6.07) is 10.7. The summed E-state index contributed by atoms with van der Waals surface area (Å²) in [5.41, 5.74) is 2.02. The quantitative estimate of drug-likeness (QED) is 0.936. The number of hydrogen-bond donors (Lipinski definition) is 1. The lowest BCUT2D eigenvalue weighted by atomic mass is 10.2. The van der Waals surface area contributed by atoms with E-state index in [0.717, 1.165) is 11.3 Å². The number of rotatable bonds is 3. The standard InChI is InChI=1S/C16H15ClN2O2S/c1-10-2-4-11(5-3-10)19-9-8-12(16(19)21)18-15(20)13-6-7-14(17)22-13/h2-7,12H,8-9H2,1H3,(H,18,20)/t12-/m1/s1. The van der Waals surface area contributed by atoms with Crippen LogP contribution >= 0.6 is 22.9 Å². The molecule has 0 saturated carbocycles. The van der Waals surface area contributed by atoms with Crippen molar-refractivity contribution in [3.63, 3.8) is 0 Å². The van der Waals surface area contributed by atoms with E-state index in [1.807, 2.05) is 31.2 Å². The Bertz CT molecular complexity index is 711. The zero-order valence-electron chi connectivity index (χ0n) is 12.0. The SMILES string of the molecule is Cc1ccc(N2CC[C@@H](NC(=O)c3ccc(Cl)s3)C2=O)cc1. The number of hydrogen-bond acceptors (Lipinski definition) is 3. The Morgan fingerprint density at radius 2 is 2.00 bits per heavy atom. The van der Waals surface area contributed by atoms with Gasteiger partial charge in [0.05, 0.1) is 9.21 Å². The highest BCUT2D eigenvalue weighted by atomic mass is 35.5. The molecule has 1 aliphatic heterocycles. The summed E-state index contributed by atoms with van der Waals surface area (Å²) in [5.74, 6) is -0.319. The average Bonchev–Trinajstić information content (AvgIpc) is 3.08. The first kappa shape index (κ1) is 15.1. The van der Waals surface area contributed by atoms with Gasteiger partial charge < -0.3 is 10.2 Å². The first-order valence-electron chi connectivity index (χ1n) is 6.99. The number of carbonyl (C=O) groups excluding carboxylic acids is 2. The van der Waals surface area contributed by atoms with Crippen LogP contribution in [0.15, 0.2) is 36.4 Å². The van der Waals surface area contributed by atoms with Crippen molar-refractivity contribution in [2.24, 2.45) is 0 Å². The number of aryl methyl sites for hydroxylation is 1. The van der Waals surface area contributed by atoms with Crippen molar-refractivity contribution >= 4 is 40.4 Å². The number of nitrogens with zero attached hydrogens (tertiary/aromatic N) is 1. The van der Waals surface area contributed by atoms with Gasteiger partial charge in [-0.3, -0.25) is 9.59 Å². The molecule has 3 rings (SSSR count). The van der Waals surface area contributed by atoms with Gasteiger partial charge in [0.15, 0.2) is 0 Å². The van der Waals surface area contributed by atoms with E-state index < -0.39 is 6.04 Å². The van der Waals surface area contributed by atoms with Crippen molar-refractivity contribution in [1.82, 2.24) is 5.32 Å². The Kier molecular flexibility index (Phi) is 4.18. The van der Waals surface area contributed by atoms with Gasteiger partial charge in [0.1, 0.15) is 6.04 Å². The molecule has 0 bridgehead atoms. The molecule has 22 heavy (non-hydrogen) atoms. The Morgan fingerprint density at radius 1 is 1.27 bits per heavy atom. The lowest BCUT2D eigenvalue weighted by molar-refractivity contribution is -0.118. The van der Waals surface area contributed by atoms with Crippen LogP contribution in [0.3, 0.4) is 0 Å². The van der Waals surface area contributed by atoms with Gasteiger partial charge in [0.25, 0.3) is 5.91 Å². The maximum absolute atomic E-state index is 12.5. The van der Waals surface area contributed by atoms with Crippen LogP contribution in [0, 0.1) is 6.92 Å². The molecule has 0 unspecified atom stereocenters. The molecule has 1 aromatic carbocycles. The average molecular weight is 335 g/mol. The second kappa shape index (κ2) is 6.10. The molecule has 1 aromatic heterocycles. The number of thiophene rings is 1. The number of benzene rings is 1. The minimum absolute atomic E-state index is 0.0696. The van der Waals surface area contributed by atoms with E-state index >= 15 is 0 Å². The molecule has 2 heterocycles. The molecule has 6 heteroatoms. The molecule has 0 aliphatic carbocycles. The van der Waals surface area contributed by atoms with Crippen molar-refractivity contribution in [3.8, 4) is 0 Å². The van der Waals surface area contributed by atoms with Crippen molar-refractivity contribution in [1.29, 1.82) is 0 Å². The number of halogens is 1. The Morgan fingerprint density at radius 3 is 2.64 bits per heavy atom. The van der Waals surface area contributed by atoms with Crippen molar-refractivity contribution < 1.29 is 9.59 Å². The van der Waals surface area contributed by atoms with Crippen molar-refractivity contribution in [2.75, 3.05) is 11.4 Å². The van der Waals surface area contributed by atoms with E-state index in [9.17, 15) is 9.59 Å². The summed E-state index contributed by atoms with van der Waals surface area (Å²) in [6.45, 7) is 2.61. The molecule has 2 amide bonds. The van der Waals surface area contributed by atoms with Crippen LogP contribution in [0.5, 0.6) is 0 Å². The highest BCUT2D eigenvalue weighted by molar-refractivity contribution is 7.18. The minimum atomic E-state index is -0.477. The summed E-state index contributed by atoms with van der Waals surface area (Å²) < 4.78 is 0.559. The van der Waals surface area contributed by atoms with Gasteiger partial charge in [-0.05, 0) is 37.6 Å². The fourth-order valence-corrected chi connectivity index (χ4v) is 3.41. The van der Waals surface area contributed by atoms with E-state index in [4.69, 9.17) is 11.6 Å². The summed E-state index contributed by atoms with van der Waals surface area (Å²) in [5, 5.41) is 2.79. The Hall–Kier alpha value is -1.85. The van der Waals surface area contributed by atoms with Crippen LogP contribution in [0.4, 0.5) is 5.69 Å². The molecule has 1 saturated heterocycles. The maximum atomic E-state index is 12.5. The molecule has 1 N–H and O–H groups in total. The van der Waals surface area contributed by atoms with Gasteiger partial charge in [-0.2, -0.15) is 0 Å². The van der Waals surface area contributed by atoms with Crippen LogP contribution in [0.1, 0.15) is 21.7 Å². The van der Waals surface area contributed by atoms with Crippen LogP contribution in [-0.2, 0) is 4.79 Å². The van der Waals surface area contributed by atoms with Crippen molar-refractivity contribution in [2.45, 2.75) is 19.4 Å². The second-order valence-electron chi connectivity index (χ2n) is 5.24. The van der Waals surface area contributed by atoms with E-state index in [-0.39, 0.29) is 11.8 Å². The van der Waals surface area contributed by atoms with Gasteiger partial charge in [0.2, 0.25) is 5.91 Å². The zero-order valence-corrected chi connectivity index (χ0v) is 13.6. The molecule has 0 spiro atoms. The molecule has 4 nitrogen and oxygen atoms in total. The monoisotopic (exact) mass is 334 g/mol. The van der Waals surface area contributed by atoms with E-state index in [1.165, 1.54) is 11.3 Å². The fraction of sp³-hybridized carbons (Fsp3) is 0.250. The summed E-state index contributed by atoms with van der Waals surface area (Å²) in [7, 11) is 0. The Labute approximate surface area is 137 Å². The van der Waals surface area contributed by atoms with Crippen LogP contribution < -0.4 is 10.2 Å². The van der Waals surface area contributed by atoms with Gasteiger partial charge in [-0.15, -0.1) is 11.3 Å². The predicted octanol–water partition coefficient (Wildman–Crippen LogP) is 3.25. The molecule has 114 valence electrons. The molecule has 2 aromatic rings. The second-order valence-corrected chi connectivity index (χ2v) is 6.96. The first-order valence-corrected chi connectivity index (χ1v) is 8.18. The van der Waals surface area contributed by atoms with Crippen LogP contribution in [0.25, 0.3) is 0 Å². The van der Waals surface area contributed by atoms with Crippen molar-refractivity contribution in [3.05, 3.63) is 51.2 Å². The zero-order chi connectivity index (χ0) is 15.7. The third kappa shape index (κ3) is 3.00. The molecule has 0 radical (unpaired) electrons. The maximum Gasteiger partial charge on any atom is 0.262 e. The highest BCUT2D eigenvalue weighted by Gasteiger charge is 2.33. The third-order valence-corrected chi connectivity index (χ3v) is 4.88. The summed E-state index contributed by atoms with van der Waals surface area (Å²) in [6.07, 6.45) is 0.609. The first-order chi connectivity index (χ1) is 10.5. The van der Waals surface area contributed by atoms with Gasteiger partial charge in [0, 0.05) is 12.2 Å². The molecular weight excluding hydrogens is 320 g/mol. The van der Waals surface area contributed by atoms with Gasteiger partial charge in [-0.1, -0.05) is 29.3 Å². The molecular formula is C16H15ClN2O2S. The fourth-order valence-electron chi connectivity index (χ4n) is 2.46. The molecule has 1 aliphatic rings. The lowest BCUT2D eigenvalue weighted by Crippen LogP contribution is -2.41. The van der Waals surface area contributed by atoms with E-state index in [0.29, 0.717) is 22.2 Å². The number of nitrogens with one attached hydrogen (secondary N) is 1. The normalized spacial score (nSPS) is 17.8. The summed E-state index contributed by atoms with van der Waals surface area (Å²) >= 11 is 7.04. The highest BCUT2D eigenvalue weighted by Crippen LogP contribution is 2.24.